The highest BCUT2D eigenvalue weighted by molar-refractivity contribution is 7.13. The van der Waals surface area contributed by atoms with Crippen LogP contribution in [-0.4, -0.2) is 51.9 Å². The van der Waals surface area contributed by atoms with Gasteiger partial charge in [0.2, 0.25) is 0 Å². The van der Waals surface area contributed by atoms with Gasteiger partial charge in [-0.25, -0.2) is 9.97 Å². The van der Waals surface area contributed by atoms with Crippen molar-refractivity contribution in [2.45, 2.75) is 6.54 Å². The molecule has 5 rings (SSSR count). The molecule has 3 heterocycles. The fourth-order valence-corrected chi connectivity index (χ4v) is 5.32. The summed E-state index contributed by atoms with van der Waals surface area (Å²) in [6, 6.07) is 20.3. The van der Waals surface area contributed by atoms with Crippen molar-refractivity contribution in [2.75, 3.05) is 26.2 Å². The van der Waals surface area contributed by atoms with Crippen LogP contribution in [0.5, 0.6) is 0 Å². The molecule has 0 spiro atoms. The number of thiazole rings is 2. The van der Waals surface area contributed by atoms with Crippen molar-refractivity contribution >= 4 is 28.6 Å². The number of rotatable bonds is 5. The van der Waals surface area contributed by atoms with Crippen molar-refractivity contribution in [1.29, 1.82) is 0 Å². The summed E-state index contributed by atoms with van der Waals surface area (Å²) in [5.74, 6) is 0.0266. The standard InChI is InChI=1S/C24H22N4OS2/c29-24(21-17-31-23(26-21)19-9-5-2-6-10-19)28-13-11-27(12-14-28)15-22-25-20(16-30-22)18-7-3-1-4-8-18/h1-10,16-17H,11-15H2. The number of hydrogen-bond acceptors (Lipinski definition) is 6. The minimum absolute atomic E-state index is 0.0266. The van der Waals surface area contributed by atoms with E-state index in [1.54, 1.807) is 11.3 Å². The predicted octanol–water partition coefficient (Wildman–Crippen LogP) is 4.89. The fourth-order valence-electron chi connectivity index (χ4n) is 3.67. The Hall–Kier alpha value is -2.87. The molecule has 0 bridgehead atoms. The number of carbonyl (C=O) groups is 1. The quantitative estimate of drug-likeness (QED) is 0.438. The molecule has 2 aromatic heterocycles. The molecule has 1 saturated heterocycles. The minimum atomic E-state index is 0.0266. The molecule has 0 aliphatic carbocycles. The summed E-state index contributed by atoms with van der Waals surface area (Å²) in [4.78, 5) is 26.6. The molecule has 5 nitrogen and oxygen atoms in total. The van der Waals surface area contributed by atoms with E-state index in [-0.39, 0.29) is 5.91 Å². The topological polar surface area (TPSA) is 49.3 Å². The smallest absolute Gasteiger partial charge is 0.273 e. The lowest BCUT2D eigenvalue weighted by atomic mass is 10.2. The zero-order valence-corrected chi connectivity index (χ0v) is 18.6. The molecule has 4 aromatic rings. The maximum Gasteiger partial charge on any atom is 0.273 e. The van der Waals surface area contributed by atoms with E-state index in [4.69, 9.17) is 4.98 Å². The number of amides is 1. The Morgan fingerprint density at radius 1 is 0.806 bits per heavy atom. The lowest BCUT2D eigenvalue weighted by molar-refractivity contribution is 0.0623. The molecule has 156 valence electrons. The van der Waals surface area contributed by atoms with Crippen LogP contribution >= 0.6 is 22.7 Å². The van der Waals surface area contributed by atoms with Gasteiger partial charge in [-0.05, 0) is 0 Å². The van der Waals surface area contributed by atoms with Crippen LogP contribution in [0.1, 0.15) is 15.5 Å². The maximum atomic E-state index is 12.9. The minimum Gasteiger partial charge on any atom is -0.335 e. The first-order valence-electron chi connectivity index (χ1n) is 10.3. The predicted molar refractivity (Wildman–Crippen MR) is 126 cm³/mol. The van der Waals surface area contributed by atoms with E-state index in [1.165, 1.54) is 11.3 Å². The Balaban J connectivity index is 1.17. The molecule has 2 aromatic carbocycles. The van der Waals surface area contributed by atoms with Gasteiger partial charge in [-0.1, -0.05) is 60.7 Å². The average Bonchev–Trinajstić information content (AvgIpc) is 3.51. The molecule has 0 unspecified atom stereocenters. The van der Waals surface area contributed by atoms with Gasteiger partial charge in [-0.15, -0.1) is 22.7 Å². The molecule has 31 heavy (non-hydrogen) atoms. The van der Waals surface area contributed by atoms with Crippen molar-refractivity contribution in [3.63, 3.8) is 0 Å². The van der Waals surface area contributed by atoms with Crippen LogP contribution < -0.4 is 0 Å². The first-order chi connectivity index (χ1) is 15.3. The van der Waals surface area contributed by atoms with Gasteiger partial charge in [0.25, 0.3) is 5.91 Å². The largest absolute Gasteiger partial charge is 0.335 e. The number of piperazine rings is 1. The first-order valence-corrected chi connectivity index (χ1v) is 12.0. The molecular formula is C24H22N4OS2. The van der Waals surface area contributed by atoms with Crippen LogP contribution in [0.3, 0.4) is 0 Å². The SMILES string of the molecule is O=C(c1csc(-c2ccccc2)n1)N1CCN(Cc2nc(-c3ccccc3)cs2)CC1. The third-order valence-corrected chi connectivity index (χ3v) is 7.11. The van der Waals surface area contributed by atoms with Gasteiger partial charge in [-0.3, -0.25) is 9.69 Å². The second-order valence-electron chi connectivity index (χ2n) is 7.46. The monoisotopic (exact) mass is 446 g/mol. The van der Waals surface area contributed by atoms with Crippen molar-refractivity contribution in [2.24, 2.45) is 0 Å². The van der Waals surface area contributed by atoms with Crippen molar-refractivity contribution in [1.82, 2.24) is 19.8 Å². The number of aromatic nitrogens is 2. The molecule has 0 N–H and O–H groups in total. The van der Waals surface area contributed by atoms with E-state index in [1.807, 2.05) is 58.8 Å². The van der Waals surface area contributed by atoms with Gasteiger partial charge in [0, 0.05) is 48.1 Å². The summed E-state index contributed by atoms with van der Waals surface area (Å²) in [7, 11) is 0. The van der Waals surface area contributed by atoms with Crippen molar-refractivity contribution < 1.29 is 4.79 Å². The van der Waals surface area contributed by atoms with Gasteiger partial charge >= 0.3 is 0 Å². The van der Waals surface area contributed by atoms with Crippen LogP contribution in [-0.2, 0) is 6.54 Å². The molecule has 7 heteroatoms. The lowest BCUT2D eigenvalue weighted by Crippen LogP contribution is -2.48. The average molecular weight is 447 g/mol. The van der Waals surface area contributed by atoms with Crippen LogP contribution in [0.15, 0.2) is 71.4 Å². The van der Waals surface area contributed by atoms with Gasteiger partial charge < -0.3 is 4.90 Å². The molecule has 0 saturated carbocycles. The van der Waals surface area contributed by atoms with Crippen LogP contribution in [0.4, 0.5) is 0 Å². The summed E-state index contributed by atoms with van der Waals surface area (Å²) in [6.45, 7) is 3.96. The highest BCUT2D eigenvalue weighted by Crippen LogP contribution is 2.25. The van der Waals surface area contributed by atoms with E-state index >= 15 is 0 Å². The molecule has 1 aliphatic heterocycles. The van der Waals surface area contributed by atoms with E-state index in [9.17, 15) is 4.79 Å². The first kappa shape index (κ1) is 20.1. The van der Waals surface area contributed by atoms with Crippen LogP contribution in [0.25, 0.3) is 21.8 Å². The van der Waals surface area contributed by atoms with Crippen molar-refractivity contribution in [3.05, 3.63) is 82.1 Å². The third-order valence-electron chi connectivity index (χ3n) is 5.38. The second-order valence-corrected chi connectivity index (χ2v) is 9.27. The lowest BCUT2D eigenvalue weighted by Gasteiger charge is -2.33. The Kier molecular flexibility index (Phi) is 5.88. The third kappa shape index (κ3) is 4.58. The zero-order chi connectivity index (χ0) is 21.0. The number of hydrogen-bond donors (Lipinski definition) is 0. The van der Waals surface area contributed by atoms with Crippen molar-refractivity contribution in [3.8, 4) is 21.8 Å². The van der Waals surface area contributed by atoms with E-state index in [0.717, 1.165) is 46.5 Å². The highest BCUT2D eigenvalue weighted by atomic mass is 32.1. The number of carbonyl (C=O) groups excluding carboxylic acids is 1. The van der Waals surface area contributed by atoms with E-state index in [2.05, 4.69) is 27.4 Å². The summed E-state index contributed by atoms with van der Waals surface area (Å²) in [6.07, 6.45) is 0. The maximum absolute atomic E-state index is 12.9. The summed E-state index contributed by atoms with van der Waals surface area (Å²) >= 11 is 3.22. The van der Waals surface area contributed by atoms with Gasteiger partial charge in [0.1, 0.15) is 15.7 Å². The molecule has 0 radical (unpaired) electrons. The number of nitrogens with zero attached hydrogens (tertiary/aromatic N) is 4. The molecule has 0 atom stereocenters. The molecule has 1 fully saturated rings. The van der Waals surface area contributed by atoms with E-state index in [0.29, 0.717) is 18.8 Å². The molecule has 1 amide bonds. The number of benzene rings is 2. The fraction of sp³-hybridized carbons (Fsp3) is 0.208. The highest BCUT2D eigenvalue weighted by Gasteiger charge is 2.24. The Morgan fingerprint density at radius 2 is 1.48 bits per heavy atom. The van der Waals surface area contributed by atoms with Gasteiger partial charge in [0.05, 0.1) is 12.2 Å². The Bertz CT molecular complexity index is 1150. The molecule has 1 aliphatic rings. The normalized spacial score (nSPS) is 14.6. The van der Waals surface area contributed by atoms with Gasteiger partial charge in [0.15, 0.2) is 0 Å². The van der Waals surface area contributed by atoms with E-state index < -0.39 is 0 Å². The van der Waals surface area contributed by atoms with Gasteiger partial charge in [-0.2, -0.15) is 0 Å². The Morgan fingerprint density at radius 3 is 2.19 bits per heavy atom. The summed E-state index contributed by atoms with van der Waals surface area (Å²) in [5.41, 5.74) is 3.78. The summed E-state index contributed by atoms with van der Waals surface area (Å²) < 4.78 is 0. The zero-order valence-electron chi connectivity index (χ0n) is 17.0. The van der Waals surface area contributed by atoms with Crippen LogP contribution in [0, 0.1) is 0 Å². The molecular weight excluding hydrogens is 424 g/mol. The second kappa shape index (κ2) is 9.09. The van der Waals surface area contributed by atoms with Crippen LogP contribution in [0.2, 0.25) is 0 Å². The summed E-state index contributed by atoms with van der Waals surface area (Å²) in [5, 5.41) is 6.00. The Labute approximate surface area is 189 Å².